The van der Waals surface area contributed by atoms with Crippen LogP contribution in [0.5, 0.6) is 11.6 Å². The zero-order valence-corrected chi connectivity index (χ0v) is 15.6. The van der Waals surface area contributed by atoms with Crippen LogP contribution in [0.2, 0.25) is 0 Å². The molecule has 1 aromatic carbocycles. The zero-order chi connectivity index (χ0) is 18.9. The second-order valence-electron chi connectivity index (χ2n) is 6.73. The molecule has 140 valence electrons. The third-order valence-corrected chi connectivity index (χ3v) is 5.10. The highest BCUT2D eigenvalue weighted by molar-refractivity contribution is 5.93. The van der Waals surface area contributed by atoms with Gasteiger partial charge in [0.05, 0.1) is 20.3 Å². The van der Waals surface area contributed by atoms with Crippen LogP contribution in [0.3, 0.4) is 0 Å². The lowest BCUT2D eigenvalue weighted by molar-refractivity contribution is -0.0179. The first-order valence-electron chi connectivity index (χ1n) is 8.64. The molecule has 7 heteroatoms. The summed E-state index contributed by atoms with van der Waals surface area (Å²) in [4.78, 5) is 14.7. The molecular formula is C19H25N3O4. The lowest BCUT2D eigenvalue weighted by Gasteiger charge is -2.36. The Labute approximate surface area is 153 Å². The summed E-state index contributed by atoms with van der Waals surface area (Å²) in [7, 11) is 4.87. The molecule has 26 heavy (non-hydrogen) atoms. The Hall–Kier alpha value is -2.54. The molecule has 2 aromatic rings. The number of methoxy groups -OCH3 is 2. The third-order valence-electron chi connectivity index (χ3n) is 5.10. The van der Waals surface area contributed by atoms with E-state index in [1.807, 2.05) is 24.3 Å². The lowest BCUT2D eigenvalue weighted by Crippen LogP contribution is -2.48. The summed E-state index contributed by atoms with van der Waals surface area (Å²) in [6.07, 6.45) is 1.57. The van der Waals surface area contributed by atoms with Gasteiger partial charge in [-0.05, 0) is 37.5 Å². The molecule has 1 aliphatic rings. The third kappa shape index (κ3) is 3.14. The lowest BCUT2D eigenvalue weighted by atomic mass is 9.86. The number of likely N-dealkylation sites (tertiary alicyclic amines) is 1. The topological polar surface area (TPSA) is 76.8 Å². The number of aryl methyl sites for hydroxylation is 1. The maximum Gasteiger partial charge on any atom is 0.274 e. The van der Waals surface area contributed by atoms with Gasteiger partial charge in [0.15, 0.2) is 5.69 Å². The average molecular weight is 359 g/mol. The SMILES string of the molecule is COc1ccc(C(C)(O)C2CCCN2C(=O)c2cc(OC)n(C)n2)cc1. The van der Waals surface area contributed by atoms with E-state index in [9.17, 15) is 9.90 Å². The fourth-order valence-electron chi connectivity index (χ4n) is 3.61. The minimum Gasteiger partial charge on any atom is -0.497 e. The highest BCUT2D eigenvalue weighted by Gasteiger charge is 2.43. The molecule has 1 aromatic heterocycles. The minimum atomic E-state index is -1.17. The normalized spacial score (nSPS) is 19.3. The molecule has 2 heterocycles. The summed E-state index contributed by atoms with van der Waals surface area (Å²) in [5, 5.41) is 15.5. The second-order valence-corrected chi connectivity index (χ2v) is 6.73. The van der Waals surface area contributed by atoms with Crippen molar-refractivity contribution in [3.8, 4) is 11.6 Å². The van der Waals surface area contributed by atoms with Crippen LogP contribution in [-0.2, 0) is 12.6 Å². The number of ether oxygens (including phenoxy) is 2. The van der Waals surface area contributed by atoms with E-state index in [-0.39, 0.29) is 11.9 Å². The van der Waals surface area contributed by atoms with Crippen molar-refractivity contribution in [2.24, 2.45) is 7.05 Å². The number of amides is 1. The van der Waals surface area contributed by atoms with Crippen LogP contribution in [0.1, 0.15) is 35.8 Å². The van der Waals surface area contributed by atoms with E-state index in [4.69, 9.17) is 9.47 Å². The van der Waals surface area contributed by atoms with Crippen molar-refractivity contribution in [1.82, 2.24) is 14.7 Å². The Morgan fingerprint density at radius 1 is 1.27 bits per heavy atom. The van der Waals surface area contributed by atoms with E-state index < -0.39 is 5.60 Å². The zero-order valence-electron chi connectivity index (χ0n) is 15.6. The highest BCUT2D eigenvalue weighted by atomic mass is 16.5. The summed E-state index contributed by atoms with van der Waals surface area (Å²) in [5.74, 6) is 1.05. The molecule has 1 N–H and O–H groups in total. The maximum absolute atomic E-state index is 13.0. The fourth-order valence-corrected chi connectivity index (χ4v) is 3.61. The second kappa shape index (κ2) is 6.99. The number of carbonyl (C=O) groups excluding carboxylic acids is 1. The Bertz CT molecular complexity index is 783. The van der Waals surface area contributed by atoms with E-state index >= 15 is 0 Å². The molecule has 0 saturated carbocycles. The Kier molecular flexibility index (Phi) is 4.91. The van der Waals surface area contributed by atoms with E-state index in [0.29, 0.717) is 18.1 Å². The molecule has 1 fully saturated rings. The molecular weight excluding hydrogens is 334 g/mol. The quantitative estimate of drug-likeness (QED) is 0.883. The van der Waals surface area contributed by atoms with Crippen LogP contribution >= 0.6 is 0 Å². The van der Waals surface area contributed by atoms with Gasteiger partial charge >= 0.3 is 0 Å². The molecule has 0 radical (unpaired) electrons. The van der Waals surface area contributed by atoms with Gasteiger partial charge in [-0.25, -0.2) is 4.68 Å². The van der Waals surface area contributed by atoms with Crippen LogP contribution < -0.4 is 9.47 Å². The van der Waals surface area contributed by atoms with Crippen LogP contribution in [0, 0.1) is 0 Å². The van der Waals surface area contributed by atoms with Crippen molar-refractivity contribution in [3.63, 3.8) is 0 Å². The Morgan fingerprint density at radius 3 is 2.54 bits per heavy atom. The first-order chi connectivity index (χ1) is 12.4. The molecule has 1 aliphatic heterocycles. The number of aliphatic hydroxyl groups is 1. The van der Waals surface area contributed by atoms with Crippen molar-refractivity contribution in [2.45, 2.75) is 31.4 Å². The summed E-state index contributed by atoms with van der Waals surface area (Å²) in [6, 6.07) is 8.60. The smallest absolute Gasteiger partial charge is 0.274 e. The first-order valence-corrected chi connectivity index (χ1v) is 8.64. The van der Waals surface area contributed by atoms with Gasteiger partial charge in [0.1, 0.15) is 11.4 Å². The number of aromatic nitrogens is 2. The standard InChI is InChI=1S/C19H25N3O4/c1-19(24,13-7-9-14(25-3)10-8-13)16-6-5-11-22(16)18(23)15-12-17(26-4)21(2)20-15/h7-10,12,16,24H,5-6,11H2,1-4H3. The molecule has 0 aliphatic carbocycles. The fraction of sp³-hybridized carbons (Fsp3) is 0.474. The van der Waals surface area contributed by atoms with Gasteiger partial charge < -0.3 is 19.5 Å². The van der Waals surface area contributed by atoms with Crippen LogP contribution in [-0.4, -0.2) is 52.5 Å². The molecule has 1 amide bonds. The number of carbonyl (C=O) groups is 1. The molecule has 2 atom stereocenters. The molecule has 7 nitrogen and oxygen atoms in total. The predicted octanol–water partition coefficient (Wildman–Crippen LogP) is 1.95. The van der Waals surface area contributed by atoms with Gasteiger partial charge in [0.2, 0.25) is 5.88 Å². The average Bonchev–Trinajstić information content (AvgIpc) is 3.28. The Morgan fingerprint density at radius 2 is 1.96 bits per heavy atom. The largest absolute Gasteiger partial charge is 0.497 e. The number of benzene rings is 1. The number of rotatable bonds is 5. The molecule has 0 bridgehead atoms. The minimum absolute atomic E-state index is 0.194. The van der Waals surface area contributed by atoms with Gasteiger partial charge in [-0.1, -0.05) is 12.1 Å². The van der Waals surface area contributed by atoms with Gasteiger partial charge in [0, 0.05) is 19.7 Å². The van der Waals surface area contributed by atoms with Gasteiger partial charge in [-0.2, -0.15) is 5.10 Å². The van der Waals surface area contributed by atoms with E-state index in [1.54, 1.807) is 39.2 Å². The predicted molar refractivity (Wildman–Crippen MR) is 96.4 cm³/mol. The van der Waals surface area contributed by atoms with Gasteiger partial charge in [-0.3, -0.25) is 4.79 Å². The molecule has 1 saturated heterocycles. The maximum atomic E-state index is 13.0. The van der Waals surface area contributed by atoms with E-state index in [2.05, 4.69) is 5.10 Å². The Balaban J connectivity index is 1.86. The van der Waals surface area contributed by atoms with Crippen molar-refractivity contribution in [2.75, 3.05) is 20.8 Å². The number of hydrogen-bond donors (Lipinski definition) is 1. The summed E-state index contributed by atoms with van der Waals surface area (Å²) in [5.41, 5.74) is -0.0968. The first kappa shape index (κ1) is 18.3. The number of hydrogen-bond acceptors (Lipinski definition) is 5. The monoisotopic (exact) mass is 359 g/mol. The molecule has 2 unspecified atom stereocenters. The van der Waals surface area contributed by atoms with Crippen molar-refractivity contribution < 1.29 is 19.4 Å². The summed E-state index contributed by atoms with van der Waals surface area (Å²) in [6.45, 7) is 2.35. The van der Waals surface area contributed by atoms with Crippen molar-refractivity contribution in [1.29, 1.82) is 0 Å². The van der Waals surface area contributed by atoms with Crippen molar-refractivity contribution >= 4 is 5.91 Å². The van der Waals surface area contributed by atoms with E-state index in [0.717, 1.165) is 24.2 Å². The highest BCUT2D eigenvalue weighted by Crippen LogP contribution is 2.36. The molecule has 0 spiro atoms. The van der Waals surface area contributed by atoms with Gasteiger partial charge in [-0.15, -0.1) is 0 Å². The summed E-state index contributed by atoms with van der Waals surface area (Å²) < 4.78 is 11.9. The number of nitrogens with zero attached hydrogens (tertiary/aromatic N) is 3. The molecule has 3 rings (SSSR count). The van der Waals surface area contributed by atoms with Gasteiger partial charge in [0.25, 0.3) is 5.91 Å². The van der Waals surface area contributed by atoms with E-state index in [1.165, 1.54) is 4.68 Å². The summed E-state index contributed by atoms with van der Waals surface area (Å²) >= 11 is 0. The van der Waals surface area contributed by atoms with Crippen LogP contribution in [0.15, 0.2) is 30.3 Å². The van der Waals surface area contributed by atoms with Crippen molar-refractivity contribution in [3.05, 3.63) is 41.6 Å². The van der Waals surface area contributed by atoms with Crippen LogP contribution in [0.25, 0.3) is 0 Å². The van der Waals surface area contributed by atoms with Crippen LogP contribution in [0.4, 0.5) is 0 Å².